The summed E-state index contributed by atoms with van der Waals surface area (Å²) in [5.74, 6) is -0.360. The molecule has 1 heterocycles. The molecule has 0 bridgehead atoms. The van der Waals surface area contributed by atoms with Gasteiger partial charge in [0.1, 0.15) is 11.8 Å². The number of benzene rings is 1. The summed E-state index contributed by atoms with van der Waals surface area (Å²) in [5, 5.41) is 11.2. The highest BCUT2D eigenvalue weighted by molar-refractivity contribution is 5.83. The second-order valence-corrected chi connectivity index (χ2v) is 4.70. The van der Waals surface area contributed by atoms with Crippen LogP contribution in [-0.4, -0.2) is 29.6 Å². The van der Waals surface area contributed by atoms with Crippen LogP contribution < -0.4 is 10.1 Å². The van der Waals surface area contributed by atoms with Gasteiger partial charge >= 0.3 is 5.97 Å². The van der Waals surface area contributed by atoms with E-state index in [9.17, 15) is 9.59 Å². The van der Waals surface area contributed by atoms with Crippen LogP contribution in [-0.2, 0) is 9.59 Å². The quantitative estimate of drug-likeness (QED) is 0.863. The fourth-order valence-electron chi connectivity index (χ4n) is 2.21. The molecule has 102 valence electrons. The first kappa shape index (κ1) is 13.4. The van der Waals surface area contributed by atoms with Crippen LogP contribution in [0.15, 0.2) is 24.3 Å². The summed E-state index contributed by atoms with van der Waals surface area (Å²) in [6, 6.07) is 6.79. The first-order valence-corrected chi connectivity index (χ1v) is 6.32. The van der Waals surface area contributed by atoms with Gasteiger partial charge in [0.25, 0.3) is 0 Å². The number of nitrogens with one attached hydrogen (secondary N) is 1. The number of hydrogen-bond acceptors (Lipinski definition) is 3. The third-order valence-corrected chi connectivity index (χ3v) is 3.26. The lowest BCUT2D eigenvalue weighted by Crippen LogP contribution is -2.39. The molecular weight excluding hydrogens is 246 g/mol. The molecule has 0 aromatic heterocycles. The number of amides is 1. The topological polar surface area (TPSA) is 75.6 Å². The Morgan fingerprint density at radius 1 is 1.47 bits per heavy atom. The van der Waals surface area contributed by atoms with Crippen molar-refractivity contribution >= 4 is 11.9 Å². The minimum absolute atomic E-state index is 0.0888. The van der Waals surface area contributed by atoms with Crippen LogP contribution >= 0.6 is 0 Å². The Hall–Kier alpha value is -2.04. The van der Waals surface area contributed by atoms with Crippen molar-refractivity contribution in [3.63, 3.8) is 0 Å². The van der Waals surface area contributed by atoms with Gasteiger partial charge in [-0.3, -0.25) is 9.59 Å². The van der Waals surface area contributed by atoms with E-state index in [-0.39, 0.29) is 18.2 Å². The first-order valence-electron chi connectivity index (χ1n) is 6.32. The molecule has 1 amide bonds. The molecule has 1 aromatic carbocycles. The number of ether oxygens (including phenoxy) is 1. The second-order valence-electron chi connectivity index (χ2n) is 4.70. The third-order valence-electron chi connectivity index (χ3n) is 3.26. The summed E-state index contributed by atoms with van der Waals surface area (Å²) >= 11 is 0. The van der Waals surface area contributed by atoms with Crippen LogP contribution in [0.3, 0.4) is 0 Å². The molecule has 0 aliphatic carbocycles. The van der Waals surface area contributed by atoms with Gasteiger partial charge in [0.15, 0.2) is 0 Å². The predicted octanol–water partition coefficient (Wildman–Crippen LogP) is 1.53. The van der Waals surface area contributed by atoms with E-state index in [0.29, 0.717) is 6.61 Å². The second kappa shape index (κ2) is 5.73. The summed E-state index contributed by atoms with van der Waals surface area (Å²) in [7, 11) is 0. The van der Waals surface area contributed by atoms with Crippen molar-refractivity contribution in [2.24, 2.45) is 0 Å². The average Bonchev–Trinajstić information content (AvgIpc) is 2.39. The van der Waals surface area contributed by atoms with E-state index in [2.05, 4.69) is 5.32 Å². The molecule has 0 saturated carbocycles. The number of carbonyl (C=O) groups excluding carboxylic acids is 1. The highest BCUT2D eigenvalue weighted by atomic mass is 16.5. The molecule has 0 saturated heterocycles. The molecule has 2 rings (SSSR count). The molecule has 19 heavy (non-hydrogen) atoms. The lowest BCUT2D eigenvalue weighted by molar-refractivity contribution is -0.141. The lowest BCUT2D eigenvalue weighted by atomic mass is 9.90. The van der Waals surface area contributed by atoms with Crippen molar-refractivity contribution in [1.29, 1.82) is 0 Å². The normalized spacial score (nSPS) is 18.9. The average molecular weight is 263 g/mol. The molecule has 1 aliphatic rings. The number of aliphatic carboxylic acids is 1. The summed E-state index contributed by atoms with van der Waals surface area (Å²) in [6.07, 6.45) is 1.06. The van der Waals surface area contributed by atoms with Gasteiger partial charge in [0.2, 0.25) is 5.91 Å². The van der Waals surface area contributed by atoms with Crippen LogP contribution in [0.2, 0.25) is 0 Å². The SMILES string of the molecule is C[C@@H](NC(=O)C[C@H]1CCOc2ccccc21)C(=O)O. The van der Waals surface area contributed by atoms with Gasteiger partial charge in [0.05, 0.1) is 6.61 Å². The summed E-state index contributed by atoms with van der Waals surface area (Å²) in [6.45, 7) is 2.04. The molecule has 5 heteroatoms. The molecule has 0 fully saturated rings. The number of hydrogen-bond donors (Lipinski definition) is 2. The van der Waals surface area contributed by atoms with Crippen molar-refractivity contribution in [3.05, 3.63) is 29.8 Å². The van der Waals surface area contributed by atoms with Crippen molar-refractivity contribution in [2.75, 3.05) is 6.61 Å². The number of para-hydroxylation sites is 1. The Balaban J connectivity index is 2.01. The predicted molar refractivity (Wildman–Crippen MR) is 69.2 cm³/mol. The van der Waals surface area contributed by atoms with E-state index in [4.69, 9.17) is 9.84 Å². The molecule has 1 aromatic rings. The zero-order valence-corrected chi connectivity index (χ0v) is 10.8. The monoisotopic (exact) mass is 263 g/mol. The largest absolute Gasteiger partial charge is 0.493 e. The van der Waals surface area contributed by atoms with Crippen molar-refractivity contribution < 1.29 is 19.4 Å². The van der Waals surface area contributed by atoms with Gasteiger partial charge in [-0.25, -0.2) is 0 Å². The summed E-state index contributed by atoms with van der Waals surface area (Å²) in [5.41, 5.74) is 1.02. The molecule has 0 radical (unpaired) electrons. The molecular formula is C14H17NO4. The highest BCUT2D eigenvalue weighted by Crippen LogP contribution is 2.35. The number of carboxylic acids is 1. The van der Waals surface area contributed by atoms with Gasteiger partial charge in [-0.2, -0.15) is 0 Å². The van der Waals surface area contributed by atoms with E-state index in [1.165, 1.54) is 6.92 Å². The van der Waals surface area contributed by atoms with E-state index in [0.717, 1.165) is 17.7 Å². The fourth-order valence-corrected chi connectivity index (χ4v) is 2.21. The van der Waals surface area contributed by atoms with Crippen LogP contribution in [0.5, 0.6) is 5.75 Å². The highest BCUT2D eigenvalue weighted by Gasteiger charge is 2.24. The smallest absolute Gasteiger partial charge is 0.325 e. The van der Waals surface area contributed by atoms with Gasteiger partial charge in [-0.05, 0) is 30.9 Å². The minimum Gasteiger partial charge on any atom is -0.493 e. The zero-order valence-electron chi connectivity index (χ0n) is 10.8. The van der Waals surface area contributed by atoms with Gasteiger partial charge in [0, 0.05) is 6.42 Å². The Bertz CT molecular complexity index is 486. The zero-order chi connectivity index (χ0) is 13.8. The molecule has 2 N–H and O–H groups in total. The Morgan fingerprint density at radius 3 is 2.95 bits per heavy atom. The summed E-state index contributed by atoms with van der Waals surface area (Å²) in [4.78, 5) is 22.5. The number of fused-ring (bicyclic) bond motifs is 1. The van der Waals surface area contributed by atoms with Crippen molar-refractivity contribution in [3.8, 4) is 5.75 Å². The third kappa shape index (κ3) is 3.24. The Kier molecular flexibility index (Phi) is 4.04. The fraction of sp³-hybridized carbons (Fsp3) is 0.429. The Labute approximate surface area is 111 Å². The summed E-state index contributed by atoms with van der Waals surface area (Å²) < 4.78 is 5.53. The first-order chi connectivity index (χ1) is 9.08. The van der Waals surface area contributed by atoms with Crippen molar-refractivity contribution in [2.45, 2.75) is 31.7 Å². The maximum atomic E-state index is 11.8. The van der Waals surface area contributed by atoms with Gasteiger partial charge in [-0.15, -0.1) is 0 Å². The number of rotatable bonds is 4. The van der Waals surface area contributed by atoms with Crippen LogP contribution in [0.1, 0.15) is 31.2 Å². The van der Waals surface area contributed by atoms with Crippen LogP contribution in [0.4, 0.5) is 0 Å². The molecule has 0 unspecified atom stereocenters. The van der Waals surface area contributed by atoms with E-state index >= 15 is 0 Å². The van der Waals surface area contributed by atoms with Crippen LogP contribution in [0.25, 0.3) is 0 Å². The maximum absolute atomic E-state index is 11.8. The van der Waals surface area contributed by atoms with E-state index < -0.39 is 12.0 Å². The molecule has 5 nitrogen and oxygen atoms in total. The maximum Gasteiger partial charge on any atom is 0.325 e. The van der Waals surface area contributed by atoms with E-state index in [1.807, 2.05) is 24.3 Å². The van der Waals surface area contributed by atoms with E-state index in [1.54, 1.807) is 0 Å². The Morgan fingerprint density at radius 2 is 2.21 bits per heavy atom. The molecule has 2 atom stereocenters. The number of carbonyl (C=O) groups is 2. The van der Waals surface area contributed by atoms with Crippen LogP contribution in [0, 0.1) is 0 Å². The lowest BCUT2D eigenvalue weighted by Gasteiger charge is -2.25. The minimum atomic E-state index is -1.03. The van der Waals surface area contributed by atoms with Gasteiger partial charge in [-0.1, -0.05) is 18.2 Å². The standard InChI is InChI=1S/C14H17NO4/c1-9(14(17)18)15-13(16)8-10-6-7-19-12-5-3-2-4-11(10)12/h2-5,9-10H,6-8H2,1H3,(H,15,16)(H,17,18)/t9-,10-/m1/s1. The molecule has 1 aliphatic heterocycles. The van der Waals surface area contributed by atoms with Gasteiger partial charge < -0.3 is 15.2 Å². The van der Waals surface area contributed by atoms with Crippen molar-refractivity contribution in [1.82, 2.24) is 5.32 Å². The molecule has 0 spiro atoms. The number of carboxylic acid groups (broad SMARTS) is 1.